The lowest BCUT2D eigenvalue weighted by Crippen LogP contribution is -2.48. The number of hydrogen-bond donors (Lipinski definition) is 1. The molecule has 0 aliphatic carbocycles. The summed E-state index contributed by atoms with van der Waals surface area (Å²) in [6.45, 7) is 6.06. The predicted octanol–water partition coefficient (Wildman–Crippen LogP) is 4.78. The molecule has 3 aromatic carbocycles. The van der Waals surface area contributed by atoms with Crippen LogP contribution in [0, 0.1) is 6.92 Å². The summed E-state index contributed by atoms with van der Waals surface area (Å²) in [7, 11) is 0. The highest BCUT2D eigenvalue weighted by atomic mass is 15.3. The molecule has 29 heavy (non-hydrogen) atoms. The van der Waals surface area contributed by atoms with Gasteiger partial charge in [-0.05, 0) is 29.7 Å². The van der Waals surface area contributed by atoms with E-state index in [0.29, 0.717) is 0 Å². The third-order valence-electron chi connectivity index (χ3n) is 5.91. The van der Waals surface area contributed by atoms with Gasteiger partial charge in [0.15, 0.2) is 0 Å². The van der Waals surface area contributed by atoms with Crippen molar-refractivity contribution in [3.05, 3.63) is 95.6 Å². The first kappa shape index (κ1) is 18.0. The van der Waals surface area contributed by atoms with Crippen molar-refractivity contribution in [2.75, 3.05) is 31.1 Å². The Morgan fingerprint density at radius 2 is 1.38 bits per heavy atom. The molecule has 0 spiro atoms. The molecule has 1 saturated heterocycles. The standard InChI is InChI=1S/C25H26N4/c1-19-9-8-14-22-23(19)27-25(26-22)29-17-15-28(16-18-29)24(20-10-4-2-5-11-20)21-12-6-3-7-13-21/h2-14,24H,15-18H2,1H3,(H,26,27). The minimum absolute atomic E-state index is 0.289. The van der Waals surface area contributed by atoms with Gasteiger partial charge in [-0.3, -0.25) is 4.90 Å². The van der Waals surface area contributed by atoms with Crippen LogP contribution in [0.2, 0.25) is 0 Å². The topological polar surface area (TPSA) is 35.2 Å². The normalized spacial score (nSPS) is 15.3. The Morgan fingerprint density at radius 1 is 0.759 bits per heavy atom. The second-order valence-corrected chi connectivity index (χ2v) is 7.78. The molecule has 5 rings (SSSR count). The summed E-state index contributed by atoms with van der Waals surface area (Å²) in [5.74, 6) is 0.991. The van der Waals surface area contributed by atoms with Crippen LogP contribution >= 0.6 is 0 Å². The van der Waals surface area contributed by atoms with Crippen LogP contribution in [0.15, 0.2) is 78.9 Å². The van der Waals surface area contributed by atoms with E-state index in [9.17, 15) is 0 Å². The number of anilines is 1. The van der Waals surface area contributed by atoms with Gasteiger partial charge in [-0.2, -0.15) is 0 Å². The van der Waals surface area contributed by atoms with E-state index in [-0.39, 0.29) is 6.04 Å². The summed E-state index contributed by atoms with van der Waals surface area (Å²) in [5.41, 5.74) is 6.13. The van der Waals surface area contributed by atoms with Crippen molar-refractivity contribution in [3.63, 3.8) is 0 Å². The van der Waals surface area contributed by atoms with E-state index in [4.69, 9.17) is 4.98 Å². The molecule has 0 atom stereocenters. The number of imidazole rings is 1. The Bertz CT molecular complexity index is 1040. The molecule has 4 aromatic rings. The molecule has 146 valence electrons. The zero-order chi connectivity index (χ0) is 19.6. The molecular formula is C25H26N4. The second-order valence-electron chi connectivity index (χ2n) is 7.78. The van der Waals surface area contributed by atoms with Crippen molar-refractivity contribution in [2.24, 2.45) is 0 Å². The summed E-state index contributed by atoms with van der Waals surface area (Å²) < 4.78 is 0. The number of nitrogens with zero attached hydrogens (tertiary/aromatic N) is 3. The van der Waals surface area contributed by atoms with E-state index in [1.165, 1.54) is 16.7 Å². The van der Waals surface area contributed by atoms with Crippen molar-refractivity contribution in [3.8, 4) is 0 Å². The highest BCUT2D eigenvalue weighted by molar-refractivity contribution is 5.80. The Hall–Kier alpha value is -3.11. The first-order valence-corrected chi connectivity index (χ1v) is 10.3. The molecule has 1 aromatic heterocycles. The van der Waals surface area contributed by atoms with Gasteiger partial charge in [-0.1, -0.05) is 72.8 Å². The molecule has 1 fully saturated rings. The SMILES string of the molecule is Cc1cccc2[nH]c(N3CCN(C(c4ccccc4)c4ccccc4)CC3)nc12. The van der Waals surface area contributed by atoms with Gasteiger partial charge in [0.25, 0.3) is 0 Å². The smallest absolute Gasteiger partial charge is 0.203 e. The largest absolute Gasteiger partial charge is 0.340 e. The number of H-pyrrole nitrogens is 1. The van der Waals surface area contributed by atoms with E-state index in [1.54, 1.807) is 0 Å². The monoisotopic (exact) mass is 382 g/mol. The average Bonchev–Trinajstić information content (AvgIpc) is 3.22. The number of aromatic amines is 1. The first-order chi connectivity index (χ1) is 14.3. The van der Waals surface area contributed by atoms with Gasteiger partial charge in [-0.25, -0.2) is 4.98 Å². The van der Waals surface area contributed by atoms with Gasteiger partial charge in [0.05, 0.1) is 17.1 Å². The van der Waals surface area contributed by atoms with E-state index in [2.05, 4.69) is 101 Å². The van der Waals surface area contributed by atoms with Crippen LogP contribution < -0.4 is 4.90 Å². The Morgan fingerprint density at radius 3 is 1.97 bits per heavy atom. The fourth-order valence-electron chi connectivity index (χ4n) is 4.39. The summed E-state index contributed by atoms with van der Waals surface area (Å²) in [4.78, 5) is 13.4. The highest BCUT2D eigenvalue weighted by Crippen LogP contribution is 2.30. The van der Waals surface area contributed by atoms with Crippen LogP contribution in [-0.2, 0) is 0 Å². The lowest BCUT2D eigenvalue weighted by atomic mass is 9.96. The average molecular weight is 383 g/mol. The predicted molar refractivity (Wildman–Crippen MR) is 119 cm³/mol. The van der Waals surface area contributed by atoms with E-state index in [0.717, 1.165) is 43.2 Å². The Kier molecular flexibility index (Phi) is 4.78. The molecule has 4 nitrogen and oxygen atoms in total. The van der Waals surface area contributed by atoms with Crippen LogP contribution in [0.25, 0.3) is 11.0 Å². The third-order valence-corrected chi connectivity index (χ3v) is 5.91. The van der Waals surface area contributed by atoms with Crippen LogP contribution in [0.1, 0.15) is 22.7 Å². The number of nitrogens with one attached hydrogen (secondary N) is 1. The van der Waals surface area contributed by atoms with Gasteiger partial charge in [0.1, 0.15) is 0 Å². The van der Waals surface area contributed by atoms with E-state index in [1.807, 2.05) is 0 Å². The summed E-state index contributed by atoms with van der Waals surface area (Å²) in [5, 5.41) is 0. The van der Waals surface area contributed by atoms with Crippen molar-refractivity contribution >= 4 is 17.0 Å². The highest BCUT2D eigenvalue weighted by Gasteiger charge is 2.27. The molecular weight excluding hydrogens is 356 g/mol. The van der Waals surface area contributed by atoms with Crippen molar-refractivity contribution < 1.29 is 0 Å². The van der Waals surface area contributed by atoms with Crippen LogP contribution in [0.3, 0.4) is 0 Å². The number of rotatable bonds is 4. The van der Waals surface area contributed by atoms with Crippen LogP contribution in [0.4, 0.5) is 5.95 Å². The third kappa shape index (κ3) is 3.52. The number of hydrogen-bond acceptors (Lipinski definition) is 3. The number of aromatic nitrogens is 2. The van der Waals surface area contributed by atoms with Crippen molar-refractivity contribution in [1.29, 1.82) is 0 Å². The van der Waals surface area contributed by atoms with E-state index < -0.39 is 0 Å². The van der Waals surface area contributed by atoms with Crippen LogP contribution in [-0.4, -0.2) is 41.0 Å². The quantitative estimate of drug-likeness (QED) is 0.551. The lowest BCUT2D eigenvalue weighted by Gasteiger charge is -2.39. The molecule has 0 radical (unpaired) electrons. The maximum Gasteiger partial charge on any atom is 0.203 e. The summed E-state index contributed by atoms with van der Waals surface area (Å²) in [6, 6.07) is 28.3. The molecule has 0 saturated carbocycles. The van der Waals surface area contributed by atoms with Crippen LogP contribution in [0.5, 0.6) is 0 Å². The Labute approximate surface area is 171 Å². The minimum Gasteiger partial charge on any atom is -0.340 e. The molecule has 1 aliphatic rings. The van der Waals surface area contributed by atoms with Crippen molar-refractivity contribution in [2.45, 2.75) is 13.0 Å². The van der Waals surface area contributed by atoms with Gasteiger partial charge >= 0.3 is 0 Å². The first-order valence-electron chi connectivity index (χ1n) is 10.3. The Balaban J connectivity index is 1.38. The van der Waals surface area contributed by atoms with Gasteiger partial charge in [0.2, 0.25) is 5.95 Å². The summed E-state index contributed by atoms with van der Waals surface area (Å²) >= 11 is 0. The molecule has 4 heteroatoms. The molecule has 0 bridgehead atoms. The maximum atomic E-state index is 4.87. The fourth-order valence-corrected chi connectivity index (χ4v) is 4.39. The number of piperazine rings is 1. The maximum absolute atomic E-state index is 4.87. The van der Waals surface area contributed by atoms with Gasteiger partial charge < -0.3 is 9.88 Å². The number of benzene rings is 3. The zero-order valence-electron chi connectivity index (χ0n) is 16.8. The molecule has 0 amide bonds. The number of para-hydroxylation sites is 1. The summed E-state index contributed by atoms with van der Waals surface area (Å²) in [6.07, 6.45) is 0. The minimum atomic E-state index is 0.289. The fraction of sp³-hybridized carbons (Fsp3) is 0.240. The number of aryl methyl sites for hydroxylation is 1. The molecule has 1 aliphatic heterocycles. The molecule has 2 heterocycles. The molecule has 1 N–H and O–H groups in total. The second kappa shape index (κ2) is 7.72. The molecule has 0 unspecified atom stereocenters. The lowest BCUT2D eigenvalue weighted by molar-refractivity contribution is 0.211. The van der Waals surface area contributed by atoms with Gasteiger partial charge in [-0.15, -0.1) is 0 Å². The number of fused-ring (bicyclic) bond motifs is 1. The van der Waals surface area contributed by atoms with Gasteiger partial charge in [0, 0.05) is 26.2 Å². The zero-order valence-corrected chi connectivity index (χ0v) is 16.8. The van der Waals surface area contributed by atoms with Crippen molar-refractivity contribution in [1.82, 2.24) is 14.9 Å². The van der Waals surface area contributed by atoms with E-state index >= 15 is 0 Å².